The van der Waals surface area contributed by atoms with Crippen molar-refractivity contribution in [1.82, 2.24) is 4.57 Å². The summed E-state index contributed by atoms with van der Waals surface area (Å²) in [5.74, 6) is 0. The third-order valence-corrected chi connectivity index (χ3v) is 8.49. The third-order valence-electron chi connectivity index (χ3n) is 8.49. The Kier molecular flexibility index (Phi) is 12.4. The highest BCUT2D eigenvalue weighted by Crippen LogP contribution is 2.32. The van der Waals surface area contributed by atoms with Crippen LogP contribution < -0.4 is 0 Å². The molecule has 0 bridgehead atoms. The molecule has 8 aromatic rings. The lowest BCUT2D eigenvalue weighted by molar-refractivity contribution is 1.13. The summed E-state index contributed by atoms with van der Waals surface area (Å²) in [4.78, 5) is 0. The molecule has 1 heterocycles. The lowest BCUT2D eigenvalue weighted by Gasteiger charge is -2.12. The van der Waals surface area contributed by atoms with Crippen molar-refractivity contribution in [2.24, 2.45) is 0 Å². The number of aryl methyl sites for hydroxylation is 3. The van der Waals surface area contributed by atoms with E-state index in [1.54, 1.807) is 0 Å². The number of benzene rings is 7. The van der Waals surface area contributed by atoms with Gasteiger partial charge in [0.25, 0.3) is 0 Å². The van der Waals surface area contributed by atoms with Crippen LogP contribution in [-0.2, 0) is 6.42 Å². The highest BCUT2D eigenvalue weighted by atomic mass is 15.0. The molecule has 244 valence electrons. The molecule has 49 heavy (non-hydrogen) atoms. The number of rotatable bonds is 4. The van der Waals surface area contributed by atoms with E-state index in [2.05, 4.69) is 189 Å². The van der Waals surface area contributed by atoms with Crippen LogP contribution >= 0.6 is 0 Å². The molecule has 0 saturated carbocycles. The first-order valence-electron chi connectivity index (χ1n) is 17.4. The van der Waals surface area contributed by atoms with E-state index in [-0.39, 0.29) is 0 Å². The van der Waals surface area contributed by atoms with Gasteiger partial charge in [0.2, 0.25) is 0 Å². The minimum atomic E-state index is 1.11. The molecule has 0 radical (unpaired) electrons. The predicted octanol–water partition coefficient (Wildman–Crippen LogP) is 13.7. The summed E-state index contributed by atoms with van der Waals surface area (Å²) >= 11 is 0. The van der Waals surface area contributed by atoms with Gasteiger partial charge < -0.3 is 4.57 Å². The molecule has 0 aliphatic heterocycles. The maximum Gasteiger partial charge on any atom is 0.0540 e. The summed E-state index contributed by atoms with van der Waals surface area (Å²) in [5, 5.41) is 3.99. The molecule has 0 amide bonds. The van der Waals surface area contributed by atoms with Crippen LogP contribution in [0.25, 0.3) is 49.7 Å². The van der Waals surface area contributed by atoms with Gasteiger partial charge in [0.15, 0.2) is 0 Å². The molecule has 1 heteroatoms. The molecule has 8 rings (SSSR count). The smallest absolute Gasteiger partial charge is 0.0540 e. The fourth-order valence-corrected chi connectivity index (χ4v) is 5.94. The molecule has 0 aliphatic carbocycles. The Morgan fingerprint density at radius 3 is 1.55 bits per heavy atom. The zero-order valence-corrected chi connectivity index (χ0v) is 29.5. The summed E-state index contributed by atoms with van der Waals surface area (Å²) in [7, 11) is 0. The molecule has 1 nitrogen and oxygen atoms in total. The van der Waals surface area contributed by atoms with Gasteiger partial charge in [-0.05, 0) is 77.6 Å². The second kappa shape index (κ2) is 17.5. The van der Waals surface area contributed by atoms with Crippen LogP contribution in [0.1, 0.15) is 37.5 Å². The van der Waals surface area contributed by atoms with E-state index in [0.29, 0.717) is 0 Å². The van der Waals surface area contributed by atoms with Gasteiger partial charge in [0, 0.05) is 11.1 Å². The molecule has 7 aromatic carbocycles. The van der Waals surface area contributed by atoms with Crippen LogP contribution in [0.5, 0.6) is 0 Å². The maximum atomic E-state index is 2.35. The van der Waals surface area contributed by atoms with Crippen LogP contribution in [0.3, 0.4) is 0 Å². The third kappa shape index (κ3) is 8.83. The maximum absolute atomic E-state index is 2.35. The summed E-state index contributed by atoms with van der Waals surface area (Å²) in [6, 6.07) is 64.3. The monoisotopic (exact) mass is 637 g/mol. The van der Waals surface area contributed by atoms with Crippen molar-refractivity contribution in [3.63, 3.8) is 0 Å². The van der Waals surface area contributed by atoms with Crippen molar-refractivity contribution in [2.45, 2.75) is 41.0 Å². The van der Waals surface area contributed by atoms with E-state index < -0.39 is 0 Å². The fraction of sp³-hybridized carbons (Fsp3) is 0.125. The lowest BCUT2D eigenvalue weighted by Crippen LogP contribution is -1.96. The van der Waals surface area contributed by atoms with Crippen molar-refractivity contribution in [1.29, 1.82) is 0 Å². The van der Waals surface area contributed by atoms with Crippen molar-refractivity contribution in [3.05, 3.63) is 199 Å². The first-order chi connectivity index (χ1) is 24.1. The van der Waals surface area contributed by atoms with Gasteiger partial charge in [0.1, 0.15) is 0 Å². The van der Waals surface area contributed by atoms with Crippen molar-refractivity contribution < 1.29 is 0 Å². The van der Waals surface area contributed by atoms with Crippen molar-refractivity contribution in [2.75, 3.05) is 0 Å². The molecule has 0 N–H and O–H groups in total. The standard InChI is InChI=1S/C27H21N.C12H12.C7H8.C2H6/c1-20-11-13-21(14-12-20)22-15-17-25(18-16-22)28-26-10-6-5-9-24(26)19-27(28)23-7-3-2-4-8-23;1-2-10-7-5-8-11-6-3-4-9-12(10)11;1-7-5-3-2-4-6-7;1-2/h2-19H,1H3;3-9H,2H2,1H3;2-6H,1H3;1-2H3. The van der Waals surface area contributed by atoms with E-state index in [9.17, 15) is 0 Å². The Hall–Kier alpha value is -5.66. The second-order valence-corrected chi connectivity index (χ2v) is 11.8. The van der Waals surface area contributed by atoms with Crippen LogP contribution in [-0.4, -0.2) is 4.57 Å². The van der Waals surface area contributed by atoms with Gasteiger partial charge >= 0.3 is 0 Å². The van der Waals surface area contributed by atoms with Crippen LogP contribution in [0, 0.1) is 13.8 Å². The molecule has 0 fully saturated rings. The lowest BCUT2D eigenvalue weighted by atomic mass is 10.0. The van der Waals surface area contributed by atoms with Crippen LogP contribution in [0.4, 0.5) is 0 Å². The van der Waals surface area contributed by atoms with Gasteiger partial charge in [-0.25, -0.2) is 0 Å². The van der Waals surface area contributed by atoms with Crippen LogP contribution in [0.15, 0.2) is 182 Å². The van der Waals surface area contributed by atoms with Gasteiger partial charge in [0.05, 0.1) is 11.2 Å². The molecule has 0 unspecified atom stereocenters. The number of hydrogen-bond acceptors (Lipinski definition) is 0. The van der Waals surface area contributed by atoms with E-state index in [1.165, 1.54) is 66.4 Å². The minimum Gasteiger partial charge on any atom is -0.309 e. The van der Waals surface area contributed by atoms with Crippen LogP contribution in [0.2, 0.25) is 0 Å². The Morgan fingerprint density at radius 2 is 0.939 bits per heavy atom. The molecule has 0 aliphatic rings. The zero-order chi connectivity index (χ0) is 34.4. The molecule has 0 spiro atoms. The number of fused-ring (bicyclic) bond motifs is 2. The molecule has 0 saturated heterocycles. The Morgan fingerprint density at radius 1 is 0.429 bits per heavy atom. The minimum absolute atomic E-state index is 1.11. The number of nitrogens with zero attached hydrogens (tertiary/aromatic N) is 1. The average Bonchev–Trinajstić information content (AvgIpc) is 3.57. The van der Waals surface area contributed by atoms with E-state index >= 15 is 0 Å². The van der Waals surface area contributed by atoms with Crippen molar-refractivity contribution >= 4 is 21.7 Å². The van der Waals surface area contributed by atoms with Gasteiger partial charge in [-0.2, -0.15) is 0 Å². The van der Waals surface area contributed by atoms with Crippen molar-refractivity contribution in [3.8, 4) is 28.1 Å². The largest absolute Gasteiger partial charge is 0.309 e. The highest BCUT2D eigenvalue weighted by Gasteiger charge is 2.12. The number of aromatic nitrogens is 1. The van der Waals surface area contributed by atoms with E-state index in [1.807, 2.05) is 32.0 Å². The number of hydrogen-bond donors (Lipinski definition) is 0. The molecule has 1 aromatic heterocycles. The fourth-order valence-electron chi connectivity index (χ4n) is 5.94. The summed E-state index contributed by atoms with van der Waals surface area (Å²) in [5.41, 5.74) is 11.4. The quantitative estimate of drug-likeness (QED) is 0.181. The van der Waals surface area contributed by atoms with Gasteiger partial charge in [-0.3, -0.25) is 0 Å². The van der Waals surface area contributed by atoms with Gasteiger partial charge in [-0.15, -0.1) is 0 Å². The topological polar surface area (TPSA) is 4.93 Å². The molecule has 0 atom stereocenters. The van der Waals surface area contributed by atoms with E-state index in [4.69, 9.17) is 0 Å². The highest BCUT2D eigenvalue weighted by molar-refractivity contribution is 5.89. The summed E-state index contributed by atoms with van der Waals surface area (Å²) in [6.45, 7) is 10.4. The first kappa shape index (κ1) is 34.7. The second-order valence-electron chi connectivity index (χ2n) is 11.8. The summed E-state index contributed by atoms with van der Waals surface area (Å²) in [6.07, 6.45) is 1.11. The Balaban J connectivity index is 0.000000182. The first-order valence-corrected chi connectivity index (χ1v) is 17.4. The SMILES string of the molecule is CC.CCc1cccc2ccccc12.Cc1ccc(-c2ccc(-n3c(-c4ccccc4)cc4ccccc43)cc2)cc1.Cc1ccccc1. The Bertz CT molecular complexity index is 2150. The number of para-hydroxylation sites is 1. The predicted molar refractivity (Wildman–Crippen MR) is 215 cm³/mol. The molecular weight excluding hydrogens is 591 g/mol. The Labute approximate surface area is 293 Å². The summed E-state index contributed by atoms with van der Waals surface area (Å²) < 4.78 is 2.35. The zero-order valence-electron chi connectivity index (χ0n) is 29.5. The average molecular weight is 638 g/mol. The molecular formula is C48H47N. The van der Waals surface area contributed by atoms with E-state index in [0.717, 1.165) is 6.42 Å². The normalized spacial score (nSPS) is 10.2. The van der Waals surface area contributed by atoms with Gasteiger partial charge in [-0.1, -0.05) is 190 Å².